The highest BCUT2D eigenvalue weighted by Gasteiger charge is 2.23. The third-order valence-corrected chi connectivity index (χ3v) is 2.54. The van der Waals surface area contributed by atoms with Gasteiger partial charge in [0.25, 0.3) is 0 Å². The fraction of sp³-hybridized carbons (Fsp3) is 0.818. The van der Waals surface area contributed by atoms with Gasteiger partial charge in [0.1, 0.15) is 6.04 Å². The van der Waals surface area contributed by atoms with Crippen molar-refractivity contribution in [2.24, 2.45) is 5.92 Å². The van der Waals surface area contributed by atoms with E-state index in [2.05, 4.69) is 10.6 Å². The number of hydrogen-bond acceptors (Lipinski definition) is 2. The molecule has 94 valence electrons. The van der Waals surface area contributed by atoms with E-state index in [1.807, 2.05) is 13.8 Å². The summed E-state index contributed by atoms with van der Waals surface area (Å²) in [5.41, 5.74) is 0. The van der Waals surface area contributed by atoms with Crippen LogP contribution >= 0.6 is 0 Å². The highest BCUT2D eigenvalue weighted by atomic mass is 16.4. The van der Waals surface area contributed by atoms with Gasteiger partial charge in [-0.3, -0.25) is 0 Å². The van der Waals surface area contributed by atoms with E-state index < -0.39 is 18.0 Å². The van der Waals surface area contributed by atoms with Crippen molar-refractivity contribution in [2.45, 2.75) is 52.6 Å². The van der Waals surface area contributed by atoms with Crippen LogP contribution in [0, 0.1) is 5.92 Å². The summed E-state index contributed by atoms with van der Waals surface area (Å²) in [4.78, 5) is 22.4. The minimum absolute atomic E-state index is 0.0987. The Morgan fingerprint density at radius 3 is 1.94 bits per heavy atom. The average molecular weight is 230 g/mol. The highest BCUT2D eigenvalue weighted by molar-refractivity contribution is 5.82. The molecule has 0 aliphatic carbocycles. The predicted octanol–water partition coefficient (Wildman–Crippen LogP) is 1.58. The summed E-state index contributed by atoms with van der Waals surface area (Å²) in [6, 6.07) is -1.15. The molecule has 0 radical (unpaired) electrons. The zero-order valence-electron chi connectivity index (χ0n) is 10.4. The number of nitrogens with one attached hydrogen (secondary N) is 2. The van der Waals surface area contributed by atoms with Crippen LogP contribution in [0.15, 0.2) is 0 Å². The van der Waals surface area contributed by atoms with E-state index in [0.717, 1.165) is 12.8 Å². The first-order valence-electron chi connectivity index (χ1n) is 5.72. The molecule has 0 aromatic heterocycles. The molecule has 0 heterocycles. The molecule has 0 aliphatic rings. The van der Waals surface area contributed by atoms with Crippen molar-refractivity contribution in [3.63, 3.8) is 0 Å². The summed E-state index contributed by atoms with van der Waals surface area (Å²) in [6.07, 6.45) is 1.67. The van der Waals surface area contributed by atoms with Gasteiger partial charge in [-0.25, -0.2) is 9.59 Å². The first kappa shape index (κ1) is 14.7. The first-order chi connectivity index (χ1) is 7.42. The molecule has 0 saturated carbocycles. The molecule has 0 aliphatic heterocycles. The third-order valence-electron chi connectivity index (χ3n) is 2.54. The number of carbonyl (C=O) groups is 2. The van der Waals surface area contributed by atoms with E-state index in [1.54, 1.807) is 13.8 Å². The normalized spacial score (nSPS) is 12.6. The Balaban J connectivity index is 4.25. The van der Waals surface area contributed by atoms with Crippen LogP contribution in [0.25, 0.3) is 0 Å². The van der Waals surface area contributed by atoms with Crippen molar-refractivity contribution < 1.29 is 14.7 Å². The lowest BCUT2D eigenvalue weighted by Crippen LogP contribution is -2.50. The lowest BCUT2D eigenvalue weighted by molar-refractivity contribution is -0.140. The van der Waals surface area contributed by atoms with Crippen molar-refractivity contribution in [3.8, 4) is 0 Å². The molecule has 0 bridgehead atoms. The molecule has 0 saturated heterocycles. The van der Waals surface area contributed by atoms with Crippen molar-refractivity contribution in [1.29, 1.82) is 0 Å². The van der Waals surface area contributed by atoms with Crippen molar-refractivity contribution in [2.75, 3.05) is 0 Å². The van der Waals surface area contributed by atoms with Crippen LogP contribution in [-0.2, 0) is 4.79 Å². The molecular formula is C11H22N2O3. The second kappa shape index (κ2) is 7.09. The van der Waals surface area contributed by atoms with Crippen LogP contribution in [0.3, 0.4) is 0 Å². The predicted molar refractivity (Wildman–Crippen MR) is 62.3 cm³/mol. The summed E-state index contributed by atoms with van der Waals surface area (Å²) in [6.45, 7) is 7.48. The Hall–Kier alpha value is -1.26. The number of hydrogen-bond donors (Lipinski definition) is 3. The lowest BCUT2D eigenvalue weighted by Gasteiger charge is -2.21. The molecule has 0 fully saturated rings. The largest absolute Gasteiger partial charge is 0.480 e. The SMILES string of the molecule is CCC(CC)NC(=O)NC(C(=O)O)C(C)C. The molecule has 1 unspecified atom stereocenters. The van der Waals surface area contributed by atoms with Crippen LogP contribution in [0.1, 0.15) is 40.5 Å². The summed E-state index contributed by atoms with van der Waals surface area (Å²) < 4.78 is 0. The fourth-order valence-corrected chi connectivity index (χ4v) is 1.37. The number of carbonyl (C=O) groups excluding carboxylic acids is 1. The van der Waals surface area contributed by atoms with Gasteiger partial charge in [0.05, 0.1) is 0 Å². The number of aliphatic carboxylic acids is 1. The molecule has 0 aromatic carbocycles. The Bertz CT molecular complexity index is 237. The van der Waals surface area contributed by atoms with E-state index in [-0.39, 0.29) is 12.0 Å². The Morgan fingerprint density at radius 1 is 1.12 bits per heavy atom. The van der Waals surface area contributed by atoms with E-state index in [4.69, 9.17) is 5.11 Å². The number of rotatable bonds is 6. The van der Waals surface area contributed by atoms with Gasteiger partial charge >= 0.3 is 12.0 Å². The Kier molecular flexibility index (Phi) is 6.53. The molecule has 0 rings (SSSR count). The van der Waals surface area contributed by atoms with Crippen molar-refractivity contribution >= 4 is 12.0 Å². The topological polar surface area (TPSA) is 78.4 Å². The fourth-order valence-electron chi connectivity index (χ4n) is 1.37. The molecule has 1 atom stereocenters. The lowest BCUT2D eigenvalue weighted by atomic mass is 10.1. The molecule has 5 nitrogen and oxygen atoms in total. The number of carboxylic acid groups (broad SMARTS) is 1. The minimum atomic E-state index is -1.00. The number of carboxylic acids is 1. The molecule has 5 heteroatoms. The molecular weight excluding hydrogens is 208 g/mol. The quantitative estimate of drug-likeness (QED) is 0.648. The molecule has 2 amide bonds. The van der Waals surface area contributed by atoms with E-state index in [1.165, 1.54) is 0 Å². The van der Waals surface area contributed by atoms with Crippen LogP contribution in [0.2, 0.25) is 0 Å². The van der Waals surface area contributed by atoms with Crippen LogP contribution in [-0.4, -0.2) is 29.2 Å². The summed E-state index contributed by atoms with van der Waals surface area (Å²) in [5, 5.41) is 14.1. The summed E-state index contributed by atoms with van der Waals surface area (Å²) in [5.74, 6) is -1.14. The third kappa shape index (κ3) is 5.00. The molecule has 3 N–H and O–H groups in total. The van der Waals surface area contributed by atoms with Crippen LogP contribution in [0.5, 0.6) is 0 Å². The molecule has 0 spiro atoms. The maximum Gasteiger partial charge on any atom is 0.326 e. The monoisotopic (exact) mass is 230 g/mol. The van der Waals surface area contributed by atoms with Gasteiger partial charge in [0.2, 0.25) is 0 Å². The highest BCUT2D eigenvalue weighted by Crippen LogP contribution is 2.02. The average Bonchev–Trinajstić information content (AvgIpc) is 2.21. The maximum atomic E-state index is 11.5. The van der Waals surface area contributed by atoms with Gasteiger partial charge < -0.3 is 15.7 Å². The number of amides is 2. The van der Waals surface area contributed by atoms with Crippen LogP contribution in [0.4, 0.5) is 4.79 Å². The van der Waals surface area contributed by atoms with Gasteiger partial charge in [-0.1, -0.05) is 27.7 Å². The van der Waals surface area contributed by atoms with Crippen molar-refractivity contribution in [3.05, 3.63) is 0 Å². The zero-order chi connectivity index (χ0) is 12.7. The Labute approximate surface area is 96.6 Å². The van der Waals surface area contributed by atoms with E-state index in [0.29, 0.717) is 0 Å². The van der Waals surface area contributed by atoms with E-state index in [9.17, 15) is 9.59 Å². The smallest absolute Gasteiger partial charge is 0.326 e. The van der Waals surface area contributed by atoms with Gasteiger partial charge in [-0.05, 0) is 18.8 Å². The first-order valence-corrected chi connectivity index (χ1v) is 5.72. The number of urea groups is 1. The standard InChI is InChI=1S/C11H22N2O3/c1-5-8(6-2)12-11(16)13-9(7(3)4)10(14)15/h7-9H,5-6H2,1-4H3,(H,14,15)(H2,12,13,16). The molecule has 0 aromatic rings. The van der Waals surface area contributed by atoms with Gasteiger partial charge in [-0.15, -0.1) is 0 Å². The van der Waals surface area contributed by atoms with Crippen LogP contribution < -0.4 is 10.6 Å². The van der Waals surface area contributed by atoms with Crippen molar-refractivity contribution in [1.82, 2.24) is 10.6 Å². The minimum Gasteiger partial charge on any atom is -0.480 e. The zero-order valence-corrected chi connectivity index (χ0v) is 10.4. The Morgan fingerprint density at radius 2 is 1.62 bits per heavy atom. The second-order valence-electron chi connectivity index (χ2n) is 4.19. The second-order valence-corrected chi connectivity index (χ2v) is 4.19. The van der Waals surface area contributed by atoms with Gasteiger partial charge in [0, 0.05) is 6.04 Å². The van der Waals surface area contributed by atoms with E-state index >= 15 is 0 Å². The maximum absolute atomic E-state index is 11.5. The van der Waals surface area contributed by atoms with Gasteiger partial charge in [0.15, 0.2) is 0 Å². The van der Waals surface area contributed by atoms with Gasteiger partial charge in [-0.2, -0.15) is 0 Å². The molecule has 16 heavy (non-hydrogen) atoms. The summed E-state index contributed by atoms with van der Waals surface area (Å²) >= 11 is 0. The summed E-state index contributed by atoms with van der Waals surface area (Å²) in [7, 11) is 0.